The highest BCUT2D eigenvalue weighted by atomic mass is 16.5. The normalized spacial score (nSPS) is 13.0. The van der Waals surface area contributed by atoms with Crippen LogP contribution in [0.2, 0.25) is 0 Å². The molecule has 2 atom stereocenters. The lowest BCUT2D eigenvalue weighted by molar-refractivity contribution is -0.131. The number of primary amides is 2. The van der Waals surface area contributed by atoms with E-state index < -0.39 is 35.8 Å². The lowest BCUT2D eigenvalue weighted by Crippen LogP contribution is -2.50. The molecular weight excluding hydrogens is 304 g/mol. The molecule has 0 aromatic carbocycles. The van der Waals surface area contributed by atoms with Crippen LogP contribution in [-0.2, 0) is 19.1 Å². The van der Waals surface area contributed by atoms with Gasteiger partial charge in [-0.05, 0) is 19.3 Å². The lowest BCUT2D eigenvalue weighted by Gasteiger charge is -2.22. The van der Waals surface area contributed by atoms with Crippen LogP contribution in [-0.4, -0.2) is 43.0 Å². The third kappa shape index (κ3) is 9.33. The molecule has 132 valence electrons. The third-order valence-corrected chi connectivity index (χ3v) is 2.96. The molecule has 0 rings (SSSR count). The van der Waals surface area contributed by atoms with Gasteiger partial charge < -0.3 is 26.8 Å². The molecule has 0 aliphatic carbocycles. The quantitative estimate of drug-likeness (QED) is 0.414. The van der Waals surface area contributed by atoms with E-state index >= 15 is 0 Å². The lowest BCUT2D eigenvalue weighted by atomic mass is 9.95. The number of alkyl carbamates (subject to hydrolysis) is 1. The van der Waals surface area contributed by atoms with Crippen LogP contribution >= 0.6 is 0 Å². The van der Waals surface area contributed by atoms with Gasteiger partial charge in [0.1, 0.15) is 6.04 Å². The topological polar surface area (TPSA) is 154 Å². The summed E-state index contributed by atoms with van der Waals surface area (Å²) in [6, 6.07) is -1.17. The summed E-state index contributed by atoms with van der Waals surface area (Å²) in [5.41, 5.74) is 10.2. The van der Waals surface area contributed by atoms with E-state index in [0.717, 1.165) is 0 Å². The number of amides is 4. The van der Waals surface area contributed by atoms with E-state index in [1.165, 1.54) is 0 Å². The average molecular weight is 330 g/mol. The first kappa shape index (κ1) is 20.7. The number of ether oxygens (including phenoxy) is 1. The van der Waals surface area contributed by atoms with Crippen molar-refractivity contribution >= 4 is 23.8 Å². The van der Waals surface area contributed by atoms with Gasteiger partial charge in [-0.3, -0.25) is 14.4 Å². The van der Waals surface area contributed by atoms with Gasteiger partial charge in [0, 0.05) is 6.54 Å². The predicted octanol–water partition coefficient (Wildman–Crippen LogP) is -0.760. The molecule has 4 amide bonds. The first-order chi connectivity index (χ1) is 10.7. The number of rotatable bonds is 10. The van der Waals surface area contributed by atoms with Gasteiger partial charge in [0.25, 0.3) is 0 Å². The molecular formula is C14H26N4O5. The molecule has 0 aromatic heterocycles. The second-order valence-electron chi connectivity index (χ2n) is 5.56. The molecule has 0 saturated carbocycles. The van der Waals surface area contributed by atoms with E-state index in [4.69, 9.17) is 16.2 Å². The van der Waals surface area contributed by atoms with E-state index in [-0.39, 0.29) is 25.5 Å². The molecule has 0 unspecified atom stereocenters. The first-order valence-electron chi connectivity index (χ1n) is 7.45. The minimum Gasteiger partial charge on any atom is -0.450 e. The second kappa shape index (κ2) is 10.4. The highest BCUT2D eigenvalue weighted by molar-refractivity contribution is 5.91. The molecule has 23 heavy (non-hydrogen) atoms. The van der Waals surface area contributed by atoms with Crippen molar-refractivity contribution in [1.82, 2.24) is 10.6 Å². The van der Waals surface area contributed by atoms with Crippen molar-refractivity contribution in [2.75, 3.05) is 13.2 Å². The Hall–Kier alpha value is -2.32. The summed E-state index contributed by atoms with van der Waals surface area (Å²) < 4.78 is 4.73. The van der Waals surface area contributed by atoms with E-state index in [1.807, 2.05) is 13.8 Å². The standard InChI is InChI=1S/C14H26N4O5/c1-4-23-14(22)17-7-9(5-8(2)3)13(21)18-10(12(16)20)6-11(15)19/h8-10H,4-7H2,1-3H3,(H2,15,19)(H2,16,20)(H,17,22)(H,18,21)/t9-,10+/m1/s1. The zero-order chi connectivity index (χ0) is 18.0. The van der Waals surface area contributed by atoms with Crippen molar-refractivity contribution in [3.8, 4) is 0 Å². The van der Waals surface area contributed by atoms with Crippen LogP contribution in [0.15, 0.2) is 0 Å². The Balaban J connectivity index is 4.80. The Morgan fingerprint density at radius 2 is 1.74 bits per heavy atom. The summed E-state index contributed by atoms with van der Waals surface area (Å²) in [4.78, 5) is 45.8. The number of carbonyl (C=O) groups is 4. The van der Waals surface area contributed by atoms with Crippen LogP contribution in [0.5, 0.6) is 0 Å². The van der Waals surface area contributed by atoms with Crippen molar-refractivity contribution in [3.05, 3.63) is 0 Å². The van der Waals surface area contributed by atoms with E-state index in [9.17, 15) is 19.2 Å². The summed E-state index contributed by atoms with van der Waals surface area (Å²) in [7, 11) is 0. The van der Waals surface area contributed by atoms with E-state index in [1.54, 1.807) is 6.92 Å². The van der Waals surface area contributed by atoms with Gasteiger partial charge in [-0.2, -0.15) is 0 Å². The van der Waals surface area contributed by atoms with Gasteiger partial charge in [-0.1, -0.05) is 13.8 Å². The van der Waals surface area contributed by atoms with Crippen LogP contribution in [0, 0.1) is 11.8 Å². The molecule has 0 aromatic rings. The van der Waals surface area contributed by atoms with Crippen LogP contribution in [0.4, 0.5) is 4.79 Å². The molecule has 9 heteroatoms. The molecule has 0 heterocycles. The fourth-order valence-electron chi connectivity index (χ4n) is 1.95. The Morgan fingerprint density at radius 3 is 2.17 bits per heavy atom. The van der Waals surface area contributed by atoms with Gasteiger partial charge >= 0.3 is 6.09 Å². The smallest absolute Gasteiger partial charge is 0.407 e. The summed E-state index contributed by atoms with van der Waals surface area (Å²) in [5.74, 6) is -2.49. The maximum absolute atomic E-state index is 12.3. The first-order valence-corrected chi connectivity index (χ1v) is 7.45. The van der Waals surface area contributed by atoms with Crippen LogP contribution < -0.4 is 22.1 Å². The number of hydrogen-bond donors (Lipinski definition) is 4. The Kier molecular flexibility index (Phi) is 9.36. The van der Waals surface area contributed by atoms with Crippen LogP contribution in [0.1, 0.15) is 33.6 Å². The summed E-state index contributed by atoms with van der Waals surface area (Å²) >= 11 is 0. The highest BCUT2D eigenvalue weighted by Gasteiger charge is 2.26. The fourth-order valence-corrected chi connectivity index (χ4v) is 1.95. The van der Waals surface area contributed by atoms with Crippen molar-refractivity contribution in [2.45, 2.75) is 39.7 Å². The SMILES string of the molecule is CCOC(=O)NC[C@@H](CC(C)C)C(=O)N[C@@H](CC(N)=O)C(N)=O. The number of hydrogen-bond acceptors (Lipinski definition) is 5. The van der Waals surface area contributed by atoms with Crippen molar-refractivity contribution in [3.63, 3.8) is 0 Å². The van der Waals surface area contributed by atoms with E-state index in [0.29, 0.717) is 6.42 Å². The third-order valence-electron chi connectivity index (χ3n) is 2.96. The minimum atomic E-state index is -1.17. The molecule has 0 bridgehead atoms. The zero-order valence-corrected chi connectivity index (χ0v) is 13.8. The monoisotopic (exact) mass is 330 g/mol. The Bertz CT molecular complexity index is 439. The maximum atomic E-state index is 12.3. The molecule has 6 N–H and O–H groups in total. The molecule has 0 saturated heterocycles. The van der Waals surface area contributed by atoms with Crippen LogP contribution in [0.25, 0.3) is 0 Å². The Morgan fingerprint density at radius 1 is 1.13 bits per heavy atom. The van der Waals surface area contributed by atoms with E-state index in [2.05, 4.69) is 10.6 Å². The molecule has 0 fully saturated rings. The minimum absolute atomic E-state index is 0.0465. The van der Waals surface area contributed by atoms with Crippen molar-refractivity contribution in [1.29, 1.82) is 0 Å². The largest absolute Gasteiger partial charge is 0.450 e. The predicted molar refractivity (Wildman–Crippen MR) is 82.9 cm³/mol. The Labute approximate surface area is 135 Å². The van der Waals surface area contributed by atoms with Gasteiger partial charge in [-0.25, -0.2) is 4.79 Å². The highest BCUT2D eigenvalue weighted by Crippen LogP contribution is 2.12. The molecule has 0 aliphatic heterocycles. The van der Waals surface area contributed by atoms with Crippen LogP contribution in [0.3, 0.4) is 0 Å². The summed E-state index contributed by atoms with van der Waals surface area (Å²) in [6.07, 6.45) is -0.529. The zero-order valence-electron chi connectivity index (χ0n) is 13.8. The van der Waals surface area contributed by atoms with Gasteiger partial charge in [0.2, 0.25) is 17.7 Å². The number of nitrogens with one attached hydrogen (secondary N) is 2. The molecule has 0 spiro atoms. The number of nitrogens with two attached hydrogens (primary N) is 2. The summed E-state index contributed by atoms with van der Waals surface area (Å²) in [5, 5.41) is 4.89. The molecule has 0 aliphatic rings. The van der Waals surface area contributed by atoms with Crippen molar-refractivity contribution < 1.29 is 23.9 Å². The molecule has 9 nitrogen and oxygen atoms in total. The summed E-state index contributed by atoms with van der Waals surface area (Å²) in [6.45, 7) is 5.76. The molecule has 0 radical (unpaired) electrons. The fraction of sp³-hybridized carbons (Fsp3) is 0.714. The van der Waals surface area contributed by atoms with Gasteiger partial charge in [0.05, 0.1) is 18.9 Å². The average Bonchev–Trinajstić information content (AvgIpc) is 2.41. The maximum Gasteiger partial charge on any atom is 0.407 e. The van der Waals surface area contributed by atoms with Gasteiger partial charge in [0.15, 0.2) is 0 Å². The van der Waals surface area contributed by atoms with Gasteiger partial charge in [-0.15, -0.1) is 0 Å². The number of carbonyl (C=O) groups excluding carboxylic acids is 4. The second-order valence-corrected chi connectivity index (χ2v) is 5.56. The van der Waals surface area contributed by atoms with Crippen molar-refractivity contribution in [2.24, 2.45) is 23.3 Å².